The molecule has 1 saturated heterocycles. The highest BCUT2D eigenvalue weighted by atomic mass is 16.3. The molecule has 1 spiro atoms. The molecule has 3 aliphatic rings. The second-order valence-corrected chi connectivity index (χ2v) is 9.16. The molecule has 0 bridgehead atoms. The van der Waals surface area contributed by atoms with Crippen molar-refractivity contribution in [2.75, 3.05) is 13.6 Å². The summed E-state index contributed by atoms with van der Waals surface area (Å²) in [6.45, 7) is 7.82. The fraction of sp³-hybridized carbons (Fsp3) is 0.947. The third-order valence-corrected chi connectivity index (χ3v) is 6.81. The Kier molecular flexibility index (Phi) is 4.50. The lowest BCUT2D eigenvalue weighted by molar-refractivity contribution is -0.0828. The van der Waals surface area contributed by atoms with Crippen molar-refractivity contribution >= 4 is 0 Å². The van der Waals surface area contributed by atoms with E-state index in [0.717, 1.165) is 45.1 Å². The van der Waals surface area contributed by atoms with Crippen molar-refractivity contribution in [1.29, 1.82) is 5.26 Å². The summed E-state index contributed by atoms with van der Waals surface area (Å²) >= 11 is 0. The minimum absolute atomic E-state index is 0.132. The standard InChI is InChI=1S/C19H33N3O/c1-13(2)17-19(12-22(17)4)9-15(16(23)10-19)21-14-5-7-18(3,11-20)8-6-14/h13-17,21,23H,5-10,12H2,1-4H3/t14?,15-,16-,17?,18?,19?/m1/s1. The van der Waals surface area contributed by atoms with Gasteiger partial charge in [0.2, 0.25) is 0 Å². The molecule has 23 heavy (non-hydrogen) atoms. The molecule has 4 heteroatoms. The fourth-order valence-electron chi connectivity index (χ4n) is 5.85. The molecule has 0 aromatic carbocycles. The summed E-state index contributed by atoms with van der Waals surface area (Å²) in [5.74, 6) is 0.644. The first-order valence-corrected chi connectivity index (χ1v) is 9.34. The largest absolute Gasteiger partial charge is 0.391 e. The van der Waals surface area contributed by atoms with Crippen molar-refractivity contribution in [3.8, 4) is 6.07 Å². The second kappa shape index (κ2) is 6.02. The van der Waals surface area contributed by atoms with Crippen LogP contribution in [0.1, 0.15) is 59.3 Å². The van der Waals surface area contributed by atoms with Crippen LogP contribution >= 0.6 is 0 Å². The van der Waals surface area contributed by atoms with Gasteiger partial charge in [-0.05, 0) is 58.4 Å². The smallest absolute Gasteiger partial charge is 0.0699 e. The molecule has 3 rings (SSSR count). The average molecular weight is 319 g/mol. The van der Waals surface area contributed by atoms with E-state index in [1.54, 1.807) is 0 Å². The monoisotopic (exact) mass is 319 g/mol. The maximum Gasteiger partial charge on any atom is 0.0699 e. The highest BCUT2D eigenvalue weighted by Crippen LogP contribution is 2.52. The van der Waals surface area contributed by atoms with Crippen molar-refractivity contribution < 1.29 is 5.11 Å². The number of nitriles is 1. The van der Waals surface area contributed by atoms with Crippen molar-refractivity contribution in [2.24, 2.45) is 16.7 Å². The number of hydrogen-bond donors (Lipinski definition) is 2. The molecule has 0 radical (unpaired) electrons. The van der Waals surface area contributed by atoms with Crippen LogP contribution in [0.15, 0.2) is 0 Å². The molecule has 0 amide bonds. The normalized spacial score (nSPS) is 47.7. The number of hydrogen-bond acceptors (Lipinski definition) is 4. The van der Waals surface area contributed by atoms with Gasteiger partial charge >= 0.3 is 0 Å². The van der Waals surface area contributed by atoms with Gasteiger partial charge in [-0.25, -0.2) is 0 Å². The van der Waals surface area contributed by atoms with Gasteiger partial charge in [0.05, 0.1) is 17.6 Å². The number of nitrogens with zero attached hydrogens (tertiary/aromatic N) is 2. The molecular formula is C19H33N3O. The van der Waals surface area contributed by atoms with Gasteiger partial charge in [-0.2, -0.15) is 5.26 Å². The van der Waals surface area contributed by atoms with Gasteiger partial charge in [-0.3, -0.25) is 0 Å². The molecule has 1 aliphatic heterocycles. The van der Waals surface area contributed by atoms with Crippen LogP contribution in [-0.4, -0.2) is 47.8 Å². The Hall–Kier alpha value is -0.630. The Morgan fingerprint density at radius 1 is 1.26 bits per heavy atom. The predicted octanol–water partition coefficient (Wildman–Crippen LogP) is 2.53. The van der Waals surface area contributed by atoms with E-state index in [-0.39, 0.29) is 17.6 Å². The van der Waals surface area contributed by atoms with E-state index < -0.39 is 0 Å². The molecule has 4 atom stereocenters. The summed E-state index contributed by atoms with van der Waals surface area (Å²) < 4.78 is 0. The molecular weight excluding hydrogens is 286 g/mol. The van der Waals surface area contributed by atoms with Crippen molar-refractivity contribution in [3.63, 3.8) is 0 Å². The topological polar surface area (TPSA) is 59.3 Å². The highest BCUT2D eigenvalue weighted by Gasteiger charge is 2.58. The third-order valence-electron chi connectivity index (χ3n) is 6.81. The molecule has 2 N–H and O–H groups in total. The van der Waals surface area contributed by atoms with Crippen LogP contribution < -0.4 is 5.32 Å². The van der Waals surface area contributed by atoms with Crippen LogP contribution in [0.5, 0.6) is 0 Å². The van der Waals surface area contributed by atoms with Crippen LogP contribution in [-0.2, 0) is 0 Å². The Morgan fingerprint density at radius 2 is 1.91 bits per heavy atom. The van der Waals surface area contributed by atoms with Gasteiger partial charge < -0.3 is 15.3 Å². The third kappa shape index (κ3) is 3.04. The summed E-state index contributed by atoms with van der Waals surface area (Å²) in [4.78, 5) is 2.46. The van der Waals surface area contributed by atoms with E-state index in [2.05, 4.69) is 44.1 Å². The van der Waals surface area contributed by atoms with E-state index in [9.17, 15) is 10.4 Å². The van der Waals surface area contributed by atoms with Crippen LogP contribution in [0.4, 0.5) is 0 Å². The van der Waals surface area contributed by atoms with Crippen molar-refractivity contribution in [1.82, 2.24) is 10.2 Å². The molecule has 130 valence electrons. The van der Waals surface area contributed by atoms with Gasteiger partial charge in [0.25, 0.3) is 0 Å². The number of likely N-dealkylation sites (tertiary alicyclic amines) is 1. The second-order valence-electron chi connectivity index (χ2n) is 9.16. The quantitative estimate of drug-likeness (QED) is 0.839. The maximum absolute atomic E-state index is 10.6. The molecule has 2 saturated carbocycles. The lowest BCUT2D eigenvalue weighted by atomic mass is 9.66. The summed E-state index contributed by atoms with van der Waals surface area (Å²) in [7, 11) is 2.22. The van der Waals surface area contributed by atoms with E-state index in [1.165, 1.54) is 0 Å². The minimum atomic E-state index is -0.214. The first-order valence-electron chi connectivity index (χ1n) is 9.34. The molecule has 2 unspecified atom stereocenters. The van der Waals surface area contributed by atoms with E-state index >= 15 is 0 Å². The van der Waals surface area contributed by atoms with Gasteiger partial charge in [0, 0.05) is 30.1 Å². The maximum atomic E-state index is 10.6. The average Bonchev–Trinajstić information content (AvgIpc) is 2.78. The summed E-state index contributed by atoms with van der Waals surface area (Å²) in [5, 5.41) is 23.6. The van der Waals surface area contributed by atoms with Gasteiger partial charge in [-0.15, -0.1) is 0 Å². The Balaban J connectivity index is 1.58. The van der Waals surface area contributed by atoms with Gasteiger partial charge in [-0.1, -0.05) is 13.8 Å². The first-order chi connectivity index (χ1) is 10.8. The highest BCUT2D eigenvalue weighted by molar-refractivity contribution is 5.12. The first kappa shape index (κ1) is 17.2. The lowest BCUT2D eigenvalue weighted by Crippen LogP contribution is -2.64. The molecule has 1 heterocycles. The molecule has 4 nitrogen and oxygen atoms in total. The Morgan fingerprint density at radius 3 is 2.43 bits per heavy atom. The van der Waals surface area contributed by atoms with Crippen molar-refractivity contribution in [3.05, 3.63) is 0 Å². The zero-order valence-corrected chi connectivity index (χ0v) is 15.2. The van der Waals surface area contributed by atoms with E-state index in [4.69, 9.17) is 0 Å². The number of rotatable bonds is 3. The van der Waals surface area contributed by atoms with Crippen molar-refractivity contribution in [2.45, 2.75) is 83.5 Å². The van der Waals surface area contributed by atoms with E-state index in [0.29, 0.717) is 23.4 Å². The van der Waals surface area contributed by atoms with Crippen LogP contribution in [0.25, 0.3) is 0 Å². The molecule has 3 fully saturated rings. The fourth-order valence-corrected chi connectivity index (χ4v) is 5.85. The molecule has 0 aromatic heterocycles. The summed E-state index contributed by atoms with van der Waals surface area (Å²) in [6, 6.07) is 3.79. The minimum Gasteiger partial charge on any atom is -0.391 e. The molecule has 0 aromatic rings. The SMILES string of the molecule is CC(C)C1N(C)CC12C[C@@H](O)[C@H](NC1CCC(C)(C#N)CC1)C2. The zero-order chi connectivity index (χ0) is 16.8. The Bertz CT molecular complexity index is 473. The number of nitrogens with one attached hydrogen (secondary N) is 1. The van der Waals surface area contributed by atoms with E-state index in [1.807, 2.05) is 0 Å². The summed E-state index contributed by atoms with van der Waals surface area (Å²) in [5.41, 5.74) is 0.183. The van der Waals surface area contributed by atoms with Gasteiger partial charge in [0.1, 0.15) is 0 Å². The zero-order valence-electron chi connectivity index (χ0n) is 15.2. The van der Waals surface area contributed by atoms with Crippen LogP contribution in [0.3, 0.4) is 0 Å². The molecule has 2 aliphatic carbocycles. The van der Waals surface area contributed by atoms with Crippen LogP contribution in [0, 0.1) is 28.1 Å². The number of aliphatic hydroxyl groups excluding tert-OH is 1. The number of aliphatic hydroxyl groups is 1. The van der Waals surface area contributed by atoms with Crippen LogP contribution in [0.2, 0.25) is 0 Å². The lowest BCUT2D eigenvalue weighted by Gasteiger charge is -2.57. The predicted molar refractivity (Wildman–Crippen MR) is 91.8 cm³/mol. The Labute approximate surface area is 141 Å². The van der Waals surface area contributed by atoms with Gasteiger partial charge in [0.15, 0.2) is 0 Å². The summed E-state index contributed by atoms with van der Waals surface area (Å²) in [6.07, 6.45) is 5.92.